The molecule has 0 fully saturated rings. The normalized spacial score (nSPS) is 13.4. The molecule has 0 aliphatic carbocycles. The number of aliphatic hydroxyl groups is 2. The number of halogens is 1. The first-order valence-electron chi connectivity index (χ1n) is 11.3. The standard InChI is InChI=1S/C28H30FNO4/c1-17(2)27-24(14-13-22(31)15-23(32)16-25(33)34)26(19-9-11-21(29)12-10-19)18(3)28(30-27)20-7-5-4-6-8-20/h4-14,17,22-23,31-32H,15-16H2,1-3H3,(H,33,34)/b14-13+/t22-,23-/m1/s1. The van der Waals surface area contributed by atoms with E-state index in [2.05, 4.69) is 0 Å². The van der Waals surface area contributed by atoms with Crippen LogP contribution in [0, 0.1) is 12.7 Å². The molecule has 5 nitrogen and oxygen atoms in total. The van der Waals surface area contributed by atoms with Crippen LogP contribution in [0.1, 0.15) is 49.4 Å². The third kappa shape index (κ3) is 6.16. The Balaban J connectivity index is 2.16. The molecule has 178 valence electrons. The van der Waals surface area contributed by atoms with Crippen molar-refractivity contribution in [3.05, 3.63) is 83.3 Å². The fourth-order valence-corrected chi connectivity index (χ4v) is 4.04. The van der Waals surface area contributed by atoms with Crippen molar-refractivity contribution in [1.82, 2.24) is 4.98 Å². The number of aliphatic carboxylic acids is 1. The second-order valence-electron chi connectivity index (χ2n) is 8.70. The average Bonchev–Trinajstić information content (AvgIpc) is 2.78. The molecule has 0 saturated carbocycles. The van der Waals surface area contributed by atoms with Crippen LogP contribution in [0.15, 0.2) is 60.7 Å². The molecule has 6 heteroatoms. The highest BCUT2D eigenvalue weighted by molar-refractivity contribution is 5.84. The number of carboxylic acid groups (broad SMARTS) is 1. The Morgan fingerprint density at radius 3 is 2.26 bits per heavy atom. The van der Waals surface area contributed by atoms with E-state index in [1.165, 1.54) is 12.1 Å². The van der Waals surface area contributed by atoms with Gasteiger partial charge < -0.3 is 15.3 Å². The van der Waals surface area contributed by atoms with Crippen LogP contribution >= 0.6 is 0 Å². The van der Waals surface area contributed by atoms with Gasteiger partial charge in [0.05, 0.1) is 30.0 Å². The minimum Gasteiger partial charge on any atom is -0.481 e. The zero-order valence-electron chi connectivity index (χ0n) is 19.6. The molecule has 0 aliphatic rings. The Morgan fingerprint density at radius 2 is 1.68 bits per heavy atom. The largest absolute Gasteiger partial charge is 0.481 e. The molecule has 0 spiro atoms. The number of carboxylic acids is 1. The summed E-state index contributed by atoms with van der Waals surface area (Å²) in [7, 11) is 0. The number of aliphatic hydroxyl groups excluding tert-OH is 2. The molecular weight excluding hydrogens is 433 g/mol. The topological polar surface area (TPSA) is 90.7 Å². The van der Waals surface area contributed by atoms with Crippen LogP contribution in [-0.2, 0) is 4.79 Å². The van der Waals surface area contributed by atoms with E-state index in [0.717, 1.165) is 39.2 Å². The van der Waals surface area contributed by atoms with Crippen molar-refractivity contribution in [2.45, 2.75) is 51.7 Å². The number of carbonyl (C=O) groups is 1. The number of hydrogen-bond donors (Lipinski definition) is 3. The smallest absolute Gasteiger partial charge is 0.305 e. The van der Waals surface area contributed by atoms with Crippen molar-refractivity contribution < 1.29 is 24.5 Å². The third-order valence-electron chi connectivity index (χ3n) is 5.64. The number of hydrogen-bond acceptors (Lipinski definition) is 4. The first-order chi connectivity index (χ1) is 16.2. The van der Waals surface area contributed by atoms with Gasteiger partial charge in [0.15, 0.2) is 0 Å². The summed E-state index contributed by atoms with van der Waals surface area (Å²) in [6.45, 7) is 6.04. The van der Waals surface area contributed by atoms with Crippen LogP contribution in [-0.4, -0.2) is 38.5 Å². The lowest BCUT2D eigenvalue weighted by atomic mass is 9.88. The second kappa shape index (κ2) is 11.2. The molecule has 0 radical (unpaired) electrons. The average molecular weight is 464 g/mol. The lowest BCUT2D eigenvalue weighted by Crippen LogP contribution is -2.19. The molecule has 0 amide bonds. The summed E-state index contributed by atoms with van der Waals surface area (Å²) in [5, 5.41) is 29.1. The molecule has 2 atom stereocenters. The first kappa shape index (κ1) is 25.3. The van der Waals surface area contributed by atoms with Crippen LogP contribution in [0.3, 0.4) is 0 Å². The summed E-state index contributed by atoms with van der Waals surface area (Å²) in [6, 6.07) is 16.1. The monoisotopic (exact) mass is 463 g/mol. The SMILES string of the molecule is Cc1c(-c2ccccc2)nc(C(C)C)c(/C=C/[C@@H](O)C[C@@H](O)CC(=O)O)c1-c1ccc(F)cc1. The maximum atomic E-state index is 13.7. The van der Waals surface area contributed by atoms with Crippen molar-refractivity contribution in [3.8, 4) is 22.4 Å². The van der Waals surface area contributed by atoms with E-state index in [0.29, 0.717) is 0 Å². The number of pyridine rings is 1. The maximum absolute atomic E-state index is 13.7. The predicted molar refractivity (Wildman–Crippen MR) is 132 cm³/mol. The Bertz CT molecular complexity index is 1160. The zero-order valence-corrected chi connectivity index (χ0v) is 19.6. The highest BCUT2D eigenvalue weighted by Crippen LogP contribution is 2.38. The van der Waals surface area contributed by atoms with Gasteiger partial charge in [-0.15, -0.1) is 0 Å². The van der Waals surface area contributed by atoms with Gasteiger partial charge in [-0.3, -0.25) is 9.78 Å². The number of rotatable bonds is 9. The molecule has 1 aromatic heterocycles. The Kier molecular flexibility index (Phi) is 8.31. The lowest BCUT2D eigenvalue weighted by Gasteiger charge is -2.21. The highest BCUT2D eigenvalue weighted by atomic mass is 19.1. The lowest BCUT2D eigenvalue weighted by molar-refractivity contribution is -0.139. The zero-order chi connectivity index (χ0) is 24.8. The summed E-state index contributed by atoms with van der Waals surface area (Å²) >= 11 is 0. The van der Waals surface area contributed by atoms with Gasteiger partial charge in [0.2, 0.25) is 0 Å². The van der Waals surface area contributed by atoms with Crippen LogP contribution in [0.4, 0.5) is 4.39 Å². The molecule has 3 aromatic rings. The summed E-state index contributed by atoms with van der Waals surface area (Å²) in [5.41, 5.74) is 6.04. The van der Waals surface area contributed by atoms with Gasteiger partial charge in [0.1, 0.15) is 5.82 Å². The van der Waals surface area contributed by atoms with Crippen molar-refractivity contribution >= 4 is 12.0 Å². The van der Waals surface area contributed by atoms with Crippen molar-refractivity contribution in [2.75, 3.05) is 0 Å². The highest BCUT2D eigenvalue weighted by Gasteiger charge is 2.20. The minimum absolute atomic E-state index is 0.0525. The van der Waals surface area contributed by atoms with Gasteiger partial charge in [-0.2, -0.15) is 0 Å². The fourth-order valence-electron chi connectivity index (χ4n) is 4.04. The van der Waals surface area contributed by atoms with Gasteiger partial charge in [0.25, 0.3) is 0 Å². The maximum Gasteiger partial charge on any atom is 0.305 e. The van der Waals surface area contributed by atoms with Crippen LogP contribution in [0.2, 0.25) is 0 Å². The van der Waals surface area contributed by atoms with E-state index in [1.807, 2.05) is 51.1 Å². The van der Waals surface area contributed by atoms with Crippen molar-refractivity contribution in [1.29, 1.82) is 0 Å². The molecule has 1 heterocycles. The molecule has 0 bridgehead atoms. The van der Waals surface area contributed by atoms with E-state index in [4.69, 9.17) is 10.1 Å². The molecule has 34 heavy (non-hydrogen) atoms. The van der Waals surface area contributed by atoms with Crippen LogP contribution in [0.25, 0.3) is 28.5 Å². The van der Waals surface area contributed by atoms with E-state index < -0.39 is 24.6 Å². The number of benzene rings is 2. The molecule has 0 saturated heterocycles. The Hall–Kier alpha value is -3.35. The van der Waals surface area contributed by atoms with E-state index in [-0.39, 0.29) is 18.2 Å². The minimum atomic E-state index is -1.15. The molecule has 3 rings (SSSR count). The van der Waals surface area contributed by atoms with Gasteiger partial charge >= 0.3 is 5.97 Å². The summed E-state index contributed by atoms with van der Waals surface area (Å²) in [6.07, 6.45) is 0.585. The molecule has 3 N–H and O–H groups in total. The summed E-state index contributed by atoms with van der Waals surface area (Å²) in [4.78, 5) is 15.8. The number of nitrogens with zero attached hydrogens (tertiary/aromatic N) is 1. The van der Waals surface area contributed by atoms with Gasteiger partial charge in [0, 0.05) is 17.5 Å². The molecule has 0 aliphatic heterocycles. The quantitative estimate of drug-likeness (QED) is 0.385. The third-order valence-corrected chi connectivity index (χ3v) is 5.64. The summed E-state index contributed by atoms with van der Waals surface area (Å²) in [5.74, 6) is -1.40. The second-order valence-corrected chi connectivity index (χ2v) is 8.70. The van der Waals surface area contributed by atoms with Crippen molar-refractivity contribution in [2.24, 2.45) is 0 Å². The van der Waals surface area contributed by atoms with E-state index >= 15 is 0 Å². The van der Waals surface area contributed by atoms with Crippen LogP contribution in [0.5, 0.6) is 0 Å². The fraction of sp³-hybridized carbons (Fsp3) is 0.286. The molecule has 2 aromatic carbocycles. The summed E-state index contributed by atoms with van der Waals surface area (Å²) < 4.78 is 13.7. The van der Waals surface area contributed by atoms with E-state index in [9.17, 15) is 19.4 Å². The number of aromatic nitrogens is 1. The van der Waals surface area contributed by atoms with Gasteiger partial charge in [-0.1, -0.05) is 68.5 Å². The van der Waals surface area contributed by atoms with Gasteiger partial charge in [-0.25, -0.2) is 4.39 Å². The Morgan fingerprint density at radius 1 is 1.03 bits per heavy atom. The van der Waals surface area contributed by atoms with Crippen molar-refractivity contribution in [3.63, 3.8) is 0 Å². The predicted octanol–water partition coefficient (Wildman–Crippen LogP) is 5.59. The first-order valence-corrected chi connectivity index (χ1v) is 11.3. The van der Waals surface area contributed by atoms with Crippen LogP contribution < -0.4 is 0 Å². The van der Waals surface area contributed by atoms with Gasteiger partial charge in [-0.05, 0) is 41.7 Å². The molecule has 0 unspecified atom stereocenters. The molecular formula is C28H30FNO4. The van der Waals surface area contributed by atoms with E-state index in [1.54, 1.807) is 24.3 Å². The Labute approximate surface area is 199 Å².